The van der Waals surface area contributed by atoms with Crippen LogP contribution in [0.5, 0.6) is 0 Å². The highest BCUT2D eigenvalue weighted by molar-refractivity contribution is 5.85. The summed E-state index contributed by atoms with van der Waals surface area (Å²) >= 11 is 0. The lowest BCUT2D eigenvalue weighted by Gasteiger charge is -1.95. The average Bonchev–Trinajstić information content (AvgIpc) is 2.57. The van der Waals surface area contributed by atoms with Crippen molar-refractivity contribution in [2.75, 3.05) is 26.4 Å². The van der Waals surface area contributed by atoms with E-state index in [2.05, 4.69) is 0 Å². The average molecular weight is 167 g/mol. The Balaban J connectivity index is 0.000000500. The molecule has 4 heteroatoms. The van der Waals surface area contributed by atoms with Gasteiger partial charge >= 0.3 is 0 Å². The molecule has 0 saturated carbocycles. The van der Waals surface area contributed by atoms with Crippen LogP contribution in [-0.4, -0.2) is 38.6 Å². The molecule has 2 aliphatic rings. The molecule has 2 saturated heterocycles. The Bertz CT molecular complexity index is 89.2. The van der Waals surface area contributed by atoms with Gasteiger partial charge in [-0.05, 0) is 0 Å². The maximum absolute atomic E-state index is 5.23. The second-order valence-corrected chi connectivity index (χ2v) is 2.45. The number of epoxide rings is 2. The summed E-state index contributed by atoms with van der Waals surface area (Å²) < 4.78 is 15.1. The lowest BCUT2D eigenvalue weighted by Crippen LogP contribution is -2.06. The zero-order chi connectivity index (χ0) is 6.10. The minimum atomic E-state index is 0. The second kappa shape index (κ2) is 3.53. The lowest BCUT2D eigenvalue weighted by atomic mass is 10.5. The van der Waals surface area contributed by atoms with Crippen LogP contribution in [0.15, 0.2) is 0 Å². The molecule has 2 aliphatic heterocycles. The van der Waals surface area contributed by atoms with E-state index in [0.29, 0.717) is 12.2 Å². The van der Waals surface area contributed by atoms with Crippen LogP contribution in [0, 0.1) is 0 Å². The number of hydrogen-bond acceptors (Lipinski definition) is 3. The normalized spacial score (nSPS) is 34.8. The minimum absolute atomic E-state index is 0. The monoisotopic (exact) mass is 166 g/mol. The smallest absolute Gasteiger partial charge is 0.104 e. The Hall–Kier alpha value is 0.170. The molecule has 2 fully saturated rings. The van der Waals surface area contributed by atoms with Crippen LogP contribution in [-0.2, 0) is 14.2 Å². The second-order valence-electron chi connectivity index (χ2n) is 2.45. The largest absolute Gasteiger partial charge is 0.376 e. The number of ether oxygens (including phenoxy) is 3. The summed E-state index contributed by atoms with van der Waals surface area (Å²) in [6, 6.07) is 0. The molecule has 3 nitrogen and oxygen atoms in total. The zero-order valence-electron chi connectivity index (χ0n) is 5.62. The SMILES string of the molecule is C(OCC1CO1)C1CO1.Cl. The van der Waals surface area contributed by atoms with Gasteiger partial charge in [-0.1, -0.05) is 0 Å². The highest BCUT2D eigenvalue weighted by Crippen LogP contribution is 2.12. The van der Waals surface area contributed by atoms with E-state index in [4.69, 9.17) is 14.2 Å². The van der Waals surface area contributed by atoms with Crippen molar-refractivity contribution >= 4 is 12.4 Å². The van der Waals surface area contributed by atoms with Crippen molar-refractivity contribution < 1.29 is 14.2 Å². The molecule has 0 aromatic carbocycles. The van der Waals surface area contributed by atoms with Crippen LogP contribution in [0.4, 0.5) is 0 Å². The fourth-order valence-corrected chi connectivity index (χ4v) is 0.659. The van der Waals surface area contributed by atoms with E-state index in [1.165, 1.54) is 0 Å². The van der Waals surface area contributed by atoms with Crippen LogP contribution in [0.3, 0.4) is 0 Å². The number of halogens is 1. The van der Waals surface area contributed by atoms with Gasteiger partial charge in [-0.15, -0.1) is 12.4 Å². The van der Waals surface area contributed by atoms with Gasteiger partial charge in [-0.25, -0.2) is 0 Å². The standard InChI is InChI=1S/C6H10O3.ClH/c1(5-3-8-5)7-2-6-4-9-6;/h5-6H,1-4H2;1H. The fraction of sp³-hybridized carbons (Fsp3) is 1.00. The van der Waals surface area contributed by atoms with E-state index in [1.54, 1.807) is 0 Å². The fourth-order valence-electron chi connectivity index (χ4n) is 0.659. The van der Waals surface area contributed by atoms with E-state index < -0.39 is 0 Å². The summed E-state index contributed by atoms with van der Waals surface area (Å²) in [7, 11) is 0. The maximum atomic E-state index is 5.23. The summed E-state index contributed by atoms with van der Waals surface area (Å²) in [5.74, 6) is 0. The molecule has 60 valence electrons. The molecular formula is C6H11ClO3. The number of hydrogen-bond donors (Lipinski definition) is 0. The Morgan fingerprint density at radius 1 is 1.10 bits per heavy atom. The summed E-state index contributed by atoms with van der Waals surface area (Å²) in [6.07, 6.45) is 0.785. The molecule has 0 spiro atoms. The van der Waals surface area contributed by atoms with E-state index >= 15 is 0 Å². The van der Waals surface area contributed by atoms with Gasteiger partial charge in [0.2, 0.25) is 0 Å². The third kappa shape index (κ3) is 2.84. The summed E-state index contributed by atoms with van der Waals surface area (Å²) in [5, 5.41) is 0. The molecule has 0 radical (unpaired) electrons. The van der Waals surface area contributed by atoms with Gasteiger partial charge < -0.3 is 14.2 Å². The van der Waals surface area contributed by atoms with Crippen molar-refractivity contribution in [1.29, 1.82) is 0 Å². The van der Waals surface area contributed by atoms with Gasteiger partial charge in [-0.2, -0.15) is 0 Å². The quantitative estimate of drug-likeness (QED) is 0.561. The van der Waals surface area contributed by atoms with Crippen LogP contribution in [0.2, 0.25) is 0 Å². The van der Waals surface area contributed by atoms with E-state index in [1.807, 2.05) is 0 Å². The molecule has 0 aromatic heterocycles. The van der Waals surface area contributed by atoms with Crippen molar-refractivity contribution in [3.8, 4) is 0 Å². The van der Waals surface area contributed by atoms with Gasteiger partial charge in [0.05, 0.1) is 26.4 Å². The van der Waals surface area contributed by atoms with Gasteiger partial charge in [0.15, 0.2) is 0 Å². The van der Waals surface area contributed by atoms with Crippen LogP contribution in [0.1, 0.15) is 0 Å². The first-order valence-electron chi connectivity index (χ1n) is 3.26. The topological polar surface area (TPSA) is 34.3 Å². The van der Waals surface area contributed by atoms with Crippen LogP contribution >= 0.6 is 12.4 Å². The molecule has 2 heterocycles. The van der Waals surface area contributed by atoms with Crippen LogP contribution < -0.4 is 0 Å². The third-order valence-electron chi connectivity index (χ3n) is 1.41. The van der Waals surface area contributed by atoms with E-state index in [-0.39, 0.29) is 12.4 Å². The van der Waals surface area contributed by atoms with Gasteiger partial charge in [0, 0.05) is 0 Å². The van der Waals surface area contributed by atoms with Crippen molar-refractivity contribution in [2.24, 2.45) is 0 Å². The molecule has 2 atom stereocenters. The molecule has 0 N–H and O–H groups in total. The van der Waals surface area contributed by atoms with Crippen molar-refractivity contribution in [1.82, 2.24) is 0 Å². The zero-order valence-corrected chi connectivity index (χ0v) is 6.43. The Kier molecular flexibility index (Phi) is 2.92. The molecule has 0 aliphatic carbocycles. The summed E-state index contributed by atoms with van der Waals surface area (Å²) in [6.45, 7) is 3.26. The first kappa shape index (κ1) is 8.27. The van der Waals surface area contributed by atoms with Crippen LogP contribution in [0.25, 0.3) is 0 Å². The molecule has 0 bridgehead atoms. The molecule has 0 aromatic rings. The van der Waals surface area contributed by atoms with Crippen molar-refractivity contribution in [2.45, 2.75) is 12.2 Å². The van der Waals surface area contributed by atoms with Gasteiger partial charge in [0.1, 0.15) is 12.2 Å². The highest BCUT2D eigenvalue weighted by atomic mass is 35.5. The maximum Gasteiger partial charge on any atom is 0.104 e. The van der Waals surface area contributed by atoms with Crippen molar-refractivity contribution in [3.05, 3.63) is 0 Å². The first-order chi connectivity index (χ1) is 4.45. The highest BCUT2D eigenvalue weighted by Gasteiger charge is 2.26. The van der Waals surface area contributed by atoms with E-state index in [9.17, 15) is 0 Å². The Morgan fingerprint density at radius 2 is 1.50 bits per heavy atom. The minimum Gasteiger partial charge on any atom is -0.376 e. The predicted octanol–water partition coefficient (Wildman–Crippen LogP) is 0.222. The molecule has 10 heavy (non-hydrogen) atoms. The Morgan fingerprint density at radius 3 is 1.80 bits per heavy atom. The first-order valence-corrected chi connectivity index (χ1v) is 3.26. The molecular weight excluding hydrogens is 156 g/mol. The third-order valence-corrected chi connectivity index (χ3v) is 1.41. The summed E-state index contributed by atoms with van der Waals surface area (Å²) in [5.41, 5.74) is 0. The van der Waals surface area contributed by atoms with E-state index in [0.717, 1.165) is 26.4 Å². The molecule has 0 amide bonds. The lowest BCUT2D eigenvalue weighted by molar-refractivity contribution is 0.102. The molecule has 2 unspecified atom stereocenters. The van der Waals surface area contributed by atoms with Gasteiger partial charge in [-0.3, -0.25) is 0 Å². The number of rotatable bonds is 4. The van der Waals surface area contributed by atoms with Gasteiger partial charge in [0.25, 0.3) is 0 Å². The summed E-state index contributed by atoms with van der Waals surface area (Å²) in [4.78, 5) is 0. The molecule has 2 rings (SSSR count). The predicted molar refractivity (Wildman–Crippen MR) is 37.5 cm³/mol. The van der Waals surface area contributed by atoms with Crippen molar-refractivity contribution in [3.63, 3.8) is 0 Å². The Labute approximate surface area is 66.0 Å².